The smallest absolute Gasteiger partial charge is 0.0962 e. The van der Waals surface area contributed by atoms with E-state index in [0.717, 1.165) is 11.6 Å². The molecule has 0 radical (unpaired) electrons. The molecule has 0 bridgehead atoms. The van der Waals surface area contributed by atoms with Crippen molar-refractivity contribution >= 4 is 11.3 Å². The Kier molecular flexibility index (Phi) is 2.65. The molecule has 72 valence electrons. The normalized spacial score (nSPS) is 18.3. The monoisotopic (exact) mass is 196 g/mol. The number of thiazole rings is 1. The number of rotatable bonds is 2. The van der Waals surface area contributed by atoms with Gasteiger partial charge in [0.05, 0.1) is 10.7 Å². The van der Waals surface area contributed by atoms with Crippen molar-refractivity contribution in [3.05, 3.63) is 15.6 Å². The Morgan fingerprint density at radius 2 is 2.15 bits per heavy atom. The molecule has 1 fully saturated rings. The predicted octanol–water partition coefficient (Wildman–Crippen LogP) is 2.57. The lowest BCUT2D eigenvalue weighted by atomic mass is 10.1. The van der Waals surface area contributed by atoms with E-state index in [4.69, 9.17) is 5.73 Å². The highest BCUT2D eigenvalue weighted by Crippen LogP contribution is 2.36. The zero-order valence-corrected chi connectivity index (χ0v) is 8.86. The highest BCUT2D eigenvalue weighted by Gasteiger charge is 2.20. The van der Waals surface area contributed by atoms with Crippen molar-refractivity contribution in [1.29, 1.82) is 0 Å². The van der Waals surface area contributed by atoms with Crippen LogP contribution in [-0.2, 0) is 6.54 Å². The molecule has 0 spiro atoms. The van der Waals surface area contributed by atoms with Gasteiger partial charge in [-0.3, -0.25) is 0 Å². The highest BCUT2D eigenvalue weighted by molar-refractivity contribution is 7.11. The van der Waals surface area contributed by atoms with E-state index in [-0.39, 0.29) is 0 Å². The number of nitrogens with two attached hydrogens (primary N) is 1. The quantitative estimate of drug-likeness (QED) is 0.789. The lowest BCUT2D eigenvalue weighted by Gasteiger charge is -2.01. The minimum atomic E-state index is 0.649. The molecule has 13 heavy (non-hydrogen) atoms. The van der Waals surface area contributed by atoms with Crippen LogP contribution in [-0.4, -0.2) is 4.98 Å². The zero-order valence-electron chi connectivity index (χ0n) is 8.05. The van der Waals surface area contributed by atoms with Gasteiger partial charge in [0.15, 0.2) is 0 Å². The molecule has 0 aromatic carbocycles. The van der Waals surface area contributed by atoms with Gasteiger partial charge in [0, 0.05) is 17.3 Å². The van der Waals surface area contributed by atoms with Crippen molar-refractivity contribution in [3.63, 3.8) is 0 Å². The Balaban J connectivity index is 2.20. The maximum Gasteiger partial charge on any atom is 0.0962 e. The van der Waals surface area contributed by atoms with Crippen molar-refractivity contribution in [2.75, 3.05) is 0 Å². The summed E-state index contributed by atoms with van der Waals surface area (Å²) in [5, 5.41) is 1.33. The SMILES string of the molecule is Cc1nc(C2CCCC2)sc1CN. The largest absolute Gasteiger partial charge is 0.326 e. The second-order valence-corrected chi connectivity index (χ2v) is 4.86. The topological polar surface area (TPSA) is 38.9 Å². The molecule has 2 rings (SSSR count). The first kappa shape index (κ1) is 9.16. The lowest BCUT2D eigenvalue weighted by Crippen LogP contribution is -1.94. The maximum atomic E-state index is 5.63. The van der Waals surface area contributed by atoms with Crippen LogP contribution in [0.3, 0.4) is 0 Å². The van der Waals surface area contributed by atoms with Crippen molar-refractivity contribution in [1.82, 2.24) is 4.98 Å². The first-order valence-corrected chi connectivity index (χ1v) is 5.79. The minimum absolute atomic E-state index is 0.649. The van der Waals surface area contributed by atoms with E-state index >= 15 is 0 Å². The standard InChI is InChI=1S/C10H16N2S/c1-7-9(6-11)13-10(12-7)8-4-2-3-5-8/h8H,2-6,11H2,1H3. The fourth-order valence-electron chi connectivity index (χ4n) is 1.99. The summed E-state index contributed by atoms with van der Waals surface area (Å²) in [7, 11) is 0. The van der Waals surface area contributed by atoms with Gasteiger partial charge < -0.3 is 5.73 Å². The summed E-state index contributed by atoms with van der Waals surface area (Å²) < 4.78 is 0. The molecule has 1 aliphatic rings. The van der Waals surface area contributed by atoms with E-state index in [2.05, 4.69) is 11.9 Å². The third-order valence-electron chi connectivity index (χ3n) is 2.80. The summed E-state index contributed by atoms with van der Waals surface area (Å²) in [6.07, 6.45) is 5.41. The minimum Gasteiger partial charge on any atom is -0.326 e. The Morgan fingerprint density at radius 3 is 2.69 bits per heavy atom. The van der Waals surface area contributed by atoms with Crippen LogP contribution in [0, 0.1) is 6.92 Å². The number of nitrogens with zero attached hydrogens (tertiary/aromatic N) is 1. The third-order valence-corrected chi connectivity index (χ3v) is 4.14. The number of hydrogen-bond donors (Lipinski definition) is 1. The molecule has 1 aromatic rings. The van der Waals surface area contributed by atoms with Gasteiger partial charge in [0.2, 0.25) is 0 Å². The second-order valence-electron chi connectivity index (χ2n) is 3.75. The predicted molar refractivity (Wildman–Crippen MR) is 56.0 cm³/mol. The third kappa shape index (κ3) is 1.76. The molecule has 0 unspecified atom stereocenters. The number of hydrogen-bond acceptors (Lipinski definition) is 3. The number of aryl methyl sites for hydroxylation is 1. The molecule has 1 heterocycles. The van der Waals surface area contributed by atoms with Crippen molar-refractivity contribution < 1.29 is 0 Å². The van der Waals surface area contributed by atoms with E-state index in [1.807, 2.05) is 11.3 Å². The van der Waals surface area contributed by atoms with Crippen molar-refractivity contribution in [3.8, 4) is 0 Å². The molecule has 2 N–H and O–H groups in total. The molecule has 2 nitrogen and oxygen atoms in total. The maximum absolute atomic E-state index is 5.63. The summed E-state index contributed by atoms with van der Waals surface area (Å²) in [4.78, 5) is 5.87. The van der Waals surface area contributed by atoms with Gasteiger partial charge in [-0.05, 0) is 19.8 Å². The molecule has 0 atom stereocenters. The molecule has 3 heteroatoms. The lowest BCUT2D eigenvalue weighted by molar-refractivity contribution is 0.714. The van der Waals surface area contributed by atoms with E-state index < -0.39 is 0 Å². The van der Waals surface area contributed by atoms with Gasteiger partial charge in [-0.1, -0.05) is 12.8 Å². The van der Waals surface area contributed by atoms with Crippen molar-refractivity contribution in [2.24, 2.45) is 5.73 Å². The second kappa shape index (κ2) is 3.76. The fourth-order valence-corrected chi connectivity index (χ4v) is 3.10. The number of aromatic nitrogens is 1. The van der Waals surface area contributed by atoms with Gasteiger partial charge in [0.25, 0.3) is 0 Å². The Bertz CT molecular complexity index is 287. The van der Waals surface area contributed by atoms with Gasteiger partial charge in [-0.25, -0.2) is 4.98 Å². The van der Waals surface area contributed by atoms with Crippen LogP contribution in [0.5, 0.6) is 0 Å². The molecule has 1 aromatic heterocycles. The van der Waals surface area contributed by atoms with Crippen LogP contribution in [0.1, 0.15) is 47.2 Å². The molecule has 1 aliphatic carbocycles. The summed E-state index contributed by atoms with van der Waals surface area (Å²) in [6.45, 7) is 2.72. The van der Waals surface area contributed by atoms with Crippen LogP contribution in [0.25, 0.3) is 0 Å². The molecule has 0 aliphatic heterocycles. The van der Waals surface area contributed by atoms with Crippen LogP contribution in [0.15, 0.2) is 0 Å². The fraction of sp³-hybridized carbons (Fsp3) is 0.700. The highest BCUT2D eigenvalue weighted by atomic mass is 32.1. The van der Waals surface area contributed by atoms with Crippen LogP contribution < -0.4 is 5.73 Å². The first-order valence-electron chi connectivity index (χ1n) is 4.97. The molecule has 0 saturated heterocycles. The summed E-state index contributed by atoms with van der Waals surface area (Å²) in [5.74, 6) is 0.740. The summed E-state index contributed by atoms with van der Waals surface area (Å²) in [6, 6.07) is 0. The molecule has 1 saturated carbocycles. The van der Waals surface area contributed by atoms with Crippen LogP contribution >= 0.6 is 11.3 Å². The average molecular weight is 196 g/mol. The van der Waals surface area contributed by atoms with E-state index in [1.54, 1.807) is 0 Å². The van der Waals surface area contributed by atoms with Crippen LogP contribution in [0.4, 0.5) is 0 Å². The van der Waals surface area contributed by atoms with E-state index in [9.17, 15) is 0 Å². The molecular weight excluding hydrogens is 180 g/mol. The Hall–Kier alpha value is -0.410. The van der Waals surface area contributed by atoms with Gasteiger partial charge in [-0.2, -0.15) is 0 Å². The first-order chi connectivity index (χ1) is 6.31. The average Bonchev–Trinajstić information content (AvgIpc) is 2.71. The van der Waals surface area contributed by atoms with Gasteiger partial charge in [0.1, 0.15) is 0 Å². The van der Waals surface area contributed by atoms with Crippen LogP contribution in [0.2, 0.25) is 0 Å². The van der Waals surface area contributed by atoms with Crippen molar-refractivity contribution in [2.45, 2.75) is 45.1 Å². The van der Waals surface area contributed by atoms with E-state index in [0.29, 0.717) is 6.54 Å². The Labute approximate surface area is 83.2 Å². The summed E-state index contributed by atoms with van der Waals surface area (Å²) in [5.41, 5.74) is 6.78. The van der Waals surface area contributed by atoms with E-state index in [1.165, 1.54) is 35.6 Å². The van der Waals surface area contributed by atoms with Gasteiger partial charge in [-0.15, -0.1) is 11.3 Å². The molecular formula is C10H16N2S. The van der Waals surface area contributed by atoms with Gasteiger partial charge >= 0.3 is 0 Å². The zero-order chi connectivity index (χ0) is 9.26. The summed E-state index contributed by atoms with van der Waals surface area (Å²) >= 11 is 1.82. The molecule has 0 amide bonds. The Morgan fingerprint density at radius 1 is 1.46 bits per heavy atom.